The molecule has 5 N–H and O–H groups in total. The van der Waals surface area contributed by atoms with Crippen molar-refractivity contribution in [3.8, 4) is 0 Å². The molecule has 3 aliphatic heterocycles. The van der Waals surface area contributed by atoms with Crippen LogP contribution in [0.1, 0.15) is 65.9 Å². The van der Waals surface area contributed by atoms with E-state index in [2.05, 4.69) is 23.6 Å². The molecule has 2 amide bonds. The second-order valence-electron chi connectivity index (χ2n) is 12.9. The van der Waals surface area contributed by atoms with Gasteiger partial charge in [0.1, 0.15) is 23.9 Å². The number of carbonyl (C=O) groups is 3. The number of benzene rings is 1. The molecular formula is C35H49N3O8. The van der Waals surface area contributed by atoms with Gasteiger partial charge >= 0.3 is 5.97 Å². The van der Waals surface area contributed by atoms with Gasteiger partial charge in [-0.15, -0.1) is 0 Å². The Morgan fingerprint density at radius 1 is 1.15 bits per heavy atom. The van der Waals surface area contributed by atoms with Crippen LogP contribution >= 0.6 is 0 Å². The molecule has 0 aromatic heterocycles. The van der Waals surface area contributed by atoms with Crippen LogP contribution in [-0.4, -0.2) is 77.8 Å². The summed E-state index contributed by atoms with van der Waals surface area (Å²) in [4.78, 5) is 36.2. The van der Waals surface area contributed by atoms with Gasteiger partial charge in [-0.2, -0.15) is 0 Å². The number of anilines is 1. The molecular weight excluding hydrogens is 590 g/mol. The number of esters is 1. The first-order chi connectivity index (χ1) is 21.8. The predicted molar refractivity (Wildman–Crippen MR) is 173 cm³/mol. The van der Waals surface area contributed by atoms with Gasteiger partial charge in [-0.05, 0) is 63.3 Å². The summed E-state index contributed by atoms with van der Waals surface area (Å²) < 4.78 is 23.2. The van der Waals surface area contributed by atoms with Crippen molar-refractivity contribution in [2.45, 2.75) is 115 Å². The molecule has 11 nitrogen and oxygen atoms in total. The molecule has 11 heteroatoms. The summed E-state index contributed by atoms with van der Waals surface area (Å²) in [5.74, 6) is -0.571. The highest BCUT2D eigenvalue weighted by Crippen LogP contribution is 2.43. The first-order valence-corrected chi connectivity index (χ1v) is 16.1. The number of nitrogens with two attached hydrogens (primary N) is 1. The van der Waals surface area contributed by atoms with E-state index in [1.165, 1.54) is 13.0 Å². The van der Waals surface area contributed by atoms with E-state index >= 15 is 0 Å². The number of epoxide rings is 1. The van der Waals surface area contributed by atoms with Gasteiger partial charge in [-0.25, -0.2) is 0 Å². The zero-order valence-corrected chi connectivity index (χ0v) is 27.4. The second-order valence-corrected chi connectivity index (χ2v) is 12.9. The van der Waals surface area contributed by atoms with E-state index in [1.54, 1.807) is 25.1 Å². The van der Waals surface area contributed by atoms with Crippen LogP contribution in [0, 0.1) is 5.92 Å². The Kier molecular flexibility index (Phi) is 12.2. The fourth-order valence-electron chi connectivity index (χ4n) is 6.00. The molecule has 9 atom stereocenters. The predicted octanol–water partition coefficient (Wildman–Crippen LogP) is 3.26. The molecule has 1 aromatic rings. The molecule has 3 aliphatic rings. The highest BCUT2D eigenvalue weighted by Gasteiger charge is 2.58. The van der Waals surface area contributed by atoms with Gasteiger partial charge in [-0.3, -0.25) is 14.4 Å². The highest BCUT2D eigenvalue weighted by atomic mass is 16.6. The van der Waals surface area contributed by atoms with Crippen LogP contribution in [0.15, 0.2) is 60.2 Å². The fraction of sp³-hybridized carbons (Fsp3) is 0.571. The minimum Gasteiger partial charge on any atom is -0.459 e. The third-order valence-corrected chi connectivity index (χ3v) is 8.81. The van der Waals surface area contributed by atoms with Crippen molar-refractivity contribution >= 4 is 23.5 Å². The molecule has 3 saturated heterocycles. The molecule has 1 aromatic carbocycles. The first-order valence-electron chi connectivity index (χ1n) is 16.1. The summed E-state index contributed by atoms with van der Waals surface area (Å²) >= 11 is 0. The van der Waals surface area contributed by atoms with Crippen LogP contribution in [0.25, 0.3) is 0 Å². The number of allylic oxidation sites excluding steroid dienone is 2. The number of hydrogen-bond acceptors (Lipinski definition) is 9. The van der Waals surface area contributed by atoms with Crippen molar-refractivity contribution in [3.63, 3.8) is 0 Å². The molecule has 0 bridgehead atoms. The second kappa shape index (κ2) is 15.9. The maximum absolute atomic E-state index is 12.7. The Hall–Kier alpha value is -3.51. The van der Waals surface area contributed by atoms with Gasteiger partial charge in [0.2, 0.25) is 11.8 Å². The van der Waals surface area contributed by atoms with E-state index < -0.39 is 29.9 Å². The van der Waals surface area contributed by atoms with Crippen molar-refractivity contribution in [1.29, 1.82) is 0 Å². The summed E-state index contributed by atoms with van der Waals surface area (Å²) in [5, 5.41) is 16.9. The monoisotopic (exact) mass is 639 g/mol. The number of aliphatic hydroxyl groups excluding tert-OH is 1. The van der Waals surface area contributed by atoms with Crippen molar-refractivity contribution in [1.82, 2.24) is 10.6 Å². The molecule has 3 heterocycles. The molecule has 0 radical (unpaired) electrons. The number of ether oxygens (including phenoxy) is 4. The molecule has 3 fully saturated rings. The van der Waals surface area contributed by atoms with Gasteiger partial charge in [0.25, 0.3) is 0 Å². The Morgan fingerprint density at radius 3 is 2.54 bits per heavy atom. The molecule has 0 saturated carbocycles. The minimum atomic E-state index is -0.819. The Bertz CT molecular complexity index is 1310. The van der Waals surface area contributed by atoms with Gasteiger partial charge in [0.15, 0.2) is 0 Å². The molecule has 4 rings (SSSR count). The molecule has 0 unspecified atom stereocenters. The number of nitrogen functional groups attached to an aromatic ring is 1. The van der Waals surface area contributed by atoms with E-state index in [9.17, 15) is 19.5 Å². The van der Waals surface area contributed by atoms with E-state index in [1.807, 2.05) is 38.1 Å². The number of carbonyl (C=O) groups excluding carboxylic acids is 3. The average molecular weight is 640 g/mol. The highest BCUT2D eigenvalue weighted by molar-refractivity contribution is 5.87. The molecule has 252 valence electrons. The van der Waals surface area contributed by atoms with Gasteiger partial charge in [-0.1, -0.05) is 42.9 Å². The molecule has 46 heavy (non-hydrogen) atoms. The third-order valence-electron chi connectivity index (χ3n) is 8.81. The first kappa shape index (κ1) is 35.3. The zero-order valence-electron chi connectivity index (χ0n) is 27.4. The number of nitrogens with one attached hydrogen (secondary N) is 2. The number of hydrogen-bond donors (Lipinski definition) is 4. The van der Waals surface area contributed by atoms with E-state index in [4.69, 9.17) is 24.7 Å². The number of aliphatic hydroxyl groups is 1. The number of rotatable bonds is 12. The van der Waals surface area contributed by atoms with Crippen molar-refractivity contribution in [3.05, 3.63) is 65.8 Å². The number of amides is 2. The van der Waals surface area contributed by atoms with Gasteiger partial charge in [0.05, 0.1) is 37.4 Å². The van der Waals surface area contributed by atoms with Crippen molar-refractivity contribution in [2.75, 3.05) is 12.3 Å². The lowest BCUT2D eigenvalue weighted by molar-refractivity contribution is -0.145. The standard InChI is InChI=1S/C35H49N3O8/c1-21(6-13-30-22(2)16-29(24(4)45-30)38-32(40)15-8-23(3)44-25(5)39)7-14-31-34(42)35(20-43-35)18-28(46-31)17-33(41)37-19-26-9-11-27(36)12-10-26/h6-12,14-15,22-24,28-31,34,42H,13,16-20,36H2,1-5H3,(H,37,41)(H,38,40)/b14-7+,15-8-,21-6+/t22-,23-,24+,28+,29+,30-,31+,34+,35+/m0/s1. The zero-order chi connectivity index (χ0) is 33.4. The van der Waals surface area contributed by atoms with Gasteiger partial charge < -0.3 is 40.4 Å². The SMILES string of the molecule is CC(=O)O[C@@H](C)/C=C\C(=O)N[C@@H]1C[C@H](C)[C@H](C/C=C(C)/C=C/[C@H]2O[C@H](CC(=O)NCc3ccc(N)cc3)C[C@@]3(CO3)[C@@H]2O)O[C@@H]1C. The molecule has 0 aliphatic carbocycles. The summed E-state index contributed by atoms with van der Waals surface area (Å²) in [6.45, 7) is 9.92. The lowest BCUT2D eigenvalue weighted by Crippen LogP contribution is -2.50. The van der Waals surface area contributed by atoms with Crippen molar-refractivity contribution < 1.29 is 38.4 Å². The quantitative estimate of drug-likeness (QED) is 0.0885. The normalized spacial score (nSPS) is 32.0. The minimum absolute atomic E-state index is 0.0122. The van der Waals surface area contributed by atoms with Crippen LogP contribution in [0.5, 0.6) is 0 Å². The lowest BCUT2D eigenvalue weighted by Gasteiger charge is -2.39. The summed E-state index contributed by atoms with van der Waals surface area (Å²) in [5.41, 5.74) is 7.69. The van der Waals surface area contributed by atoms with E-state index in [-0.39, 0.29) is 48.5 Å². The van der Waals surface area contributed by atoms with E-state index in [0.717, 1.165) is 17.6 Å². The van der Waals surface area contributed by atoms with E-state index in [0.29, 0.717) is 31.7 Å². The maximum Gasteiger partial charge on any atom is 0.303 e. The summed E-state index contributed by atoms with van der Waals surface area (Å²) in [6, 6.07) is 7.22. The maximum atomic E-state index is 12.7. The summed E-state index contributed by atoms with van der Waals surface area (Å²) in [6.07, 6.45) is 8.44. The topological polar surface area (TPSA) is 162 Å². The smallest absolute Gasteiger partial charge is 0.303 e. The summed E-state index contributed by atoms with van der Waals surface area (Å²) in [7, 11) is 0. The third kappa shape index (κ3) is 10.2. The Balaban J connectivity index is 1.25. The Labute approximate surface area is 271 Å². The van der Waals surface area contributed by atoms with Crippen LogP contribution in [-0.2, 0) is 39.9 Å². The van der Waals surface area contributed by atoms with Crippen LogP contribution in [0.3, 0.4) is 0 Å². The largest absolute Gasteiger partial charge is 0.459 e. The average Bonchev–Trinajstić information content (AvgIpc) is 3.77. The lowest BCUT2D eigenvalue weighted by atomic mass is 9.87. The van der Waals surface area contributed by atoms with Crippen LogP contribution in [0.4, 0.5) is 5.69 Å². The van der Waals surface area contributed by atoms with Crippen LogP contribution < -0.4 is 16.4 Å². The van der Waals surface area contributed by atoms with Crippen LogP contribution in [0.2, 0.25) is 0 Å². The fourth-order valence-corrected chi connectivity index (χ4v) is 6.00. The van der Waals surface area contributed by atoms with Crippen molar-refractivity contribution in [2.24, 2.45) is 5.92 Å². The van der Waals surface area contributed by atoms with Gasteiger partial charge in [0, 0.05) is 31.7 Å². The Morgan fingerprint density at radius 2 is 1.87 bits per heavy atom. The molecule has 1 spiro atoms.